The van der Waals surface area contributed by atoms with Crippen LogP contribution >= 0.6 is 0 Å². The molecular formula is C14H10F4O. The fraction of sp³-hybridized carbons (Fsp3) is 0.143. The highest BCUT2D eigenvalue weighted by atomic mass is 19.4. The Kier molecular flexibility index (Phi) is 3.74. The average Bonchev–Trinajstić information content (AvgIpc) is 2.39. The van der Waals surface area contributed by atoms with E-state index in [0.29, 0.717) is 11.1 Å². The summed E-state index contributed by atoms with van der Waals surface area (Å²) in [6, 6.07) is 14.7. The molecule has 100 valence electrons. The first-order valence-corrected chi connectivity index (χ1v) is 5.50. The van der Waals surface area contributed by atoms with Gasteiger partial charge in [-0.3, -0.25) is 0 Å². The molecule has 0 aliphatic heterocycles. The summed E-state index contributed by atoms with van der Waals surface area (Å²) in [5, 5.41) is 0. The largest absolute Gasteiger partial charge is 0.457 e. The highest BCUT2D eigenvalue weighted by Crippen LogP contribution is 2.33. The molecule has 0 saturated heterocycles. The molecule has 0 heterocycles. The van der Waals surface area contributed by atoms with Crippen molar-refractivity contribution >= 4 is 0 Å². The standard InChI is InChI=1S/C14H10F4O/c15-13(14(16,17)18)19-12-9-5-4-8-11(12)10-6-2-1-3-7-10/h1-9,13H. The number of ether oxygens (including phenoxy) is 1. The van der Waals surface area contributed by atoms with E-state index >= 15 is 0 Å². The van der Waals surface area contributed by atoms with Gasteiger partial charge in [0.15, 0.2) is 0 Å². The lowest BCUT2D eigenvalue weighted by Crippen LogP contribution is -2.30. The van der Waals surface area contributed by atoms with Crippen molar-refractivity contribution in [2.75, 3.05) is 0 Å². The van der Waals surface area contributed by atoms with Gasteiger partial charge in [-0.15, -0.1) is 0 Å². The van der Waals surface area contributed by atoms with E-state index in [1.807, 2.05) is 0 Å². The molecule has 1 unspecified atom stereocenters. The first kappa shape index (κ1) is 13.4. The minimum absolute atomic E-state index is 0.140. The molecule has 0 N–H and O–H groups in total. The lowest BCUT2D eigenvalue weighted by atomic mass is 10.1. The summed E-state index contributed by atoms with van der Waals surface area (Å²) < 4.78 is 53.8. The number of para-hydroxylation sites is 1. The minimum atomic E-state index is -5.04. The van der Waals surface area contributed by atoms with Gasteiger partial charge in [0, 0.05) is 5.56 Å². The first-order valence-electron chi connectivity index (χ1n) is 5.50. The quantitative estimate of drug-likeness (QED) is 0.741. The van der Waals surface area contributed by atoms with E-state index in [-0.39, 0.29) is 5.75 Å². The number of hydrogen-bond donors (Lipinski definition) is 0. The molecule has 0 aliphatic carbocycles. The zero-order valence-corrected chi connectivity index (χ0v) is 9.69. The molecular weight excluding hydrogens is 260 g/mol. The van der Waals surface area contributed by atoms with E-state index < -0.39 is 12.5 Å². The number of halogens is 4. The van der Waals surface area contributed by atoms with E-state index in [1.54, 1.807) is 42.5 Å². The molecule has 2 aromatic rings. The van der Waals surface area contributed by atoms with Crippen molar-refractivity contribution in [1.82, 2.24) is 0 Å². The second kappa shape index (κ2) is 5.30. The van der Waals surface area contributed by atoms with Gasteiger partial charge in [-0.1, -0.05) is 48.5 Å². The molecule has 19 heavy (non-hydrogen) atoms. The zero-order valence-electron chi connectivity index (χ0n) is 9.69. The predicted octanol–water partition coefficient (Wildman–Crippen LogP) is 4.59. The van der Waals surface area contributed by atoms with Crippen molar-refractivity contribution in [3.63, 3.8) is 0 Å². The van der Waals surface area contributed by atoms with Gasteiger partial charge in [0.05, 0.1) is 0 Å². The van der Waals surface area contributed by atoms with Crippen LogP contribution in [-0.4, -0.2) is 12.5 Å². The first-order chi connectivity index (χ1) is 8.98. The predicted molar refractivity (Wildman–Crippen MR) is 63.5 cm³/mol. The Bertz CT molecular complexity index is 537. The number of benzene rings is 2. The van der Waals surface area contributed by atoms with E-state index in [0.717, 1.165) is 0 Å². The molecule has 0 bridgehead atoms. The van der Waals surface area contributed by atoms with E-state index in [4.69, 9.17) is 0 Å². The summed E-state index contributed by atoms with van der Waals surface area (Å²) >= 11 is 0. The number of alkyl halides is 4. The van der Waals surface area contributed by atoms with Gasteiger partial charge in [-0.2, -0.15) is 17.6 Å². The van der Waals surface area contributed by atoms with Crippen LogP contribution in [-0.2, 0) is 0 Å². The smallest absolute Gasteiger partial charge is 0.451 e. The third kappa shape index (κ3) is 3.24. The lowest BCUT2D eigenvalue weighted by molar-refractivity contribution is -0.236. The normalized spacial score (nSPS) is 13.1. The minimum Gasteiger partial charge on any atom is -0.451 e. The van der Waals surface area contributed by atoms with E-state index in [2.05, 4.69) is 4.74 Å². The Morgan fingerprint density at radius 2 is 1.42 bits per heavy atom. The molecule has 0 fully saturated rings. The maximum absolute atomic E-state index is 12.9. The van der Waals surface area contributed by atoms with Crippen molar-refractivity contribution in [1.29, 1.82) is 0 Å². The van der Waals surface area contributed by atoms with Gasteiger partial charge in [0.1, 0.15) is 5.75 Å². The Morgan fingerprint density at radius 3 is 2.05 bits per heavy atom. The van der Waals surface area contributed by atoms with Crippen LogP contribution in [0.1, 0.15) is 0 Å². The summed E-state index contributed by atoms with van der Waals surface area (Å²) in [4.78, 5) is 0. The molecule has 0 aromatic heterocycles. The van der Waals surface area contributed by atoms with Gasteiger partial charge in [-0.25, -0.2) is 0 Å². The summed E-state index contributed by atoms with van der Waals surface area (Å²) in [5.74, 6) is -0.140. The van der Waals surface area contributed by atoms with Crippen LogP contribution in [0.4, 0.5) is 17.6 Å². The van der Waals surface area contributed by atoms with Crippen LogP contribution in [0, 0.1) is 0 Å². The molecule has 2 aromatic carbocycles. The maximum atomic E-state index is 12.9. The van der Waals surface area contributed by atoms with E-state index in [9.17, 15) is 17.6 Å². The van der Waals surface area contributed by atoms with Gasteiger partial charge >= 0.3 is 12.5 Å². The molecule has 0 spiro atoms. The molecule has 1 atom stereocenters. The average molecular weight is 270 g/mol. The Morgan fingerprint density at radius 1 is 0.842 bits per heavy atom. The Labute approximate surface area is 107 Å². The van der Waals surface area contributed by atoms with Crippen LogP contribution in [0.15, 0.2) is 54.6 Å². The number of hydrogen-bond acceptors (Lipinski definition) is 1. The van der Waals surface area contributed by atoms with Crippen molar-refractivity contribution in [2.24, 2.45) is 0 Å². The fourth-order valence-corrected chi connectivity index (χ4v) is 1.60. The van der Waals surface area contributed by atoms with Crippen molar-refractivity contribution in [3.05, 3.63) is 54.6 Å². The topological polar surface area (TPSA) is 9.23 Å². The third-order valence-electron chi connectivity index (χ3n) is 2.46. The molecule has 0 radical (unpaired) electrons. The molecule has 0 saturated carbocycles. The monoisotopic (exact) mass is 270 g/mol. The summed E-state index contributed by atoms with van der Waals surface area (Å²) in [6.07, 6.45) is -8.37. The summed E-state index contributed by atoms with van der Waals surface area (Å²) in [5.41, 5.74) is 1.07. The fourth-order valence-electron chi connectivity index (χ4n) is 1.60. The van der Waals surface area contributed by atoms with Crippen LogP contribution in [0.3, 0.4) is 0 Å². The van der Waals surface area contributed by atoms with Crippen molar-refractivity contribution < 1.29 is 22.3 Å². The highest BCUT2D eigenvalue weighted by Gasteiger charge is 2.42. The second-order valence-electron chi connectivity index (χ2n) is 3.84. The van der Waals surface area contributed by atoms with Gasteiger partial charge in [-0.05, 0) is 11.6 Å². The summed E-state index contributed by atoms with van der Waals surface area (Å²) in [6.45, 7) is 0. The van der Waals surface area contributed by atoms with Crippen molar-refractivity contribution in [3.8, 4) is 16.9 Å². The Balaban J connectivity index is 2.32. The molecule has 0 amide bonds. The molecule has 2 rings (SSSR count). The number of rotatable bonds is 3. The van der Waals surface area contributed by atoms with Crippen LogP contribution < -0.4 is 4.74 Å². The van der Waals surface area contributed by atoms with Crippen LogP contribution in [0.25, 0.3) is 11.1 Å². The van der Waals surface area contributed by atoms with Crippen molar-refractivity contribution in [2.45, 2.75) is 12.5 Å². The molecule has 5 heteroatoms. The zero-order chi connectivity index (χ0) is 13.9. The maximum Gasteiger partial charge on any atom is 0.457 e. The lowest BCUT2D eigenvalue weighted by Gasteiger charge is -2.16. The third-order valence-corrected chi connectivity index (χ3v) is 2.46. The molecule has 1 nitrogen and oxygen atoms in total. The van der Waals surface area contributed by atoms with Gasteiger partial charge in [0.25, 0.3) is 0 Å². The summed E-state index contributed by atoms with van der Waals surface area (Å²) in [7, 11) is 0. The second-order valence-corrected chi connectivity index (χ2v) is 3.84. The van der Waals surface area contributed by atoms with Crippen LogP contribution in [0.5, 0.6) is 5.75 Å². The van der Waals surface area contributed by atoms with E-state index in [1.165, 1.54) is 12.1 Å². The highest BCUT2D eigenvalue weighted by molar-refractivity contribution is 5.70. The van der Waals surface area contributed by atoms with Gasteiger partial charge in [0.2, 0.25) is 0 Å². The van der Waals surface area contributed by atoms with Gasteiger partial charge < -0.3 is 4.74 Å². The molecule has 0 aliphatic rings. The SMILES string of the molecule is FC(Oc1ccccc1-c1ccccc1)C(F)(F)F. The van der Waals surface area contributed by atoms with Crippen LogP contribution in [0.2, 0.25) is 0 Å². The Hall–Kier alpha value is -2.04.